The molecule has 0 aliphatic heterocycles. The summed E-state index contributed by atoms with van der Waals surface area (Å²) in [4.78, 5) is 29.7. The second-order valence-corrected chi connectivity index (χ2v) is 6.83. The number of nitrogens with zero attached hydrogens (tertiary/aromatic N) is 2. The van der Waals surface area contributed by atoms with Crippen LogP contribution in [0.1, 0.15) is 13.3 Å². The average Bonchev–Trinajstić information content (AvgIpc) is 2.71. The van der Waals surface area contributed by atoms with Gasteiger partial charge in [0.05, 0.1) is 29.5 Å². The smallest absolute Gasteiger partial charge is 0.266 e. The second-order valence-electron chi connectivity index (χ2n) is 5.89. The van der Waals surface area contributed by atoms with E-state index in [0.29, 0.717) is 34.0 Å². The number of fused-ring (bicyclic) bond motifs is 1. The fraction of sp³-hybridized carbons (Fsp3) is 0.250. The van der Waals surface area contributed by atoms with E-state index in [-0.39, 0.29) is 17.2 Å². The van der Waals surface area contributed by atoms with Crippen molar-refractivity contribution in [2.75, 3.05) is 19.4 Å². The molecule has 140 valence electrons. The summed E-state index contributed by atoms with van der Waals surface area (Å²) >= 11 is 1.25. The third-order valence-electron chi connectivity index (χ3n) is 3.98. The molecule has 1 amide bonds. The zero-order valence-electron chi connectivity index (χ0n) is 15.3. The summed E-state index contributed by atoms with van der Waals surface area (Å²) < 4.78 is 6.73. The molecule has 1 N–H and O–H groups in total. The van der Waals surface area contributed by atoms with Crippen molar-refractivity contribution in [3.05, 3.63) is 58.9 Å². The highest BCUT2D eigenvalue weighted by molar-refractivity contribution is 7.99. The first kappa shape index (κ1) is 19.0. The number of methoxy groups -OCH3 is 1. The van der Waals surface area contributed by atoms with E-state index < -0.39 is 0 Å². The Hall–Kier alpha value is -2.80. The molecule has 0 spiro atoms. The Morgan fingerprint density at radius 3 is 2.63 bits per heavy atom. The van der Waals surface area contributed by atoms with Crippen LogP contribution >= 0.6 is 11.8 Å². The first-order valence-electron chi connectivity index (χ1n) is 8.69. The van der Waals surface area contributed by atoms with E-state index >= 15 is 0 Å². The average molecular weight is 383 g/mol. The third-order valence-corrected chi connectivity index (χ3v) is 4.92. The highest BCUT2D eigenvalue weighted by atomic mass is 32.2. The van der Waals surface area contributed by atoms with E-state index in [4.69, 9.17) is 4.74 Å². The van der Waals surface area contributed by atoms with Crippen molar-refractivity contribution in [1.29, 1.82) is 0 Å². The zero-order valence-corrected chi connectivity index (χ0v) is 16.1. The third kappa shape index (κ3) is 4.31. The van der Waals surface area contributed by atoms with Gasteiger partial charge in [-0.3, -0.25) is 14.2 Å². The van der Waals surface area contributed by atoms with Crippen molar-refractivity contribution in [2.24, 2.45) is 0 Å². The van der Waals surface area contributed by atoms with Gasteiger partial charge >= 0.3 is 0 Å². The van der Waals surface area contributed by atoms with E-state index in [1.807, 2.05) is 19.1 Å². The number of thioether (sulfide) groups is 1. The Labute approximate surface area is 161 Å². The van der Waals surface area contributed by atoms with E-state index in [1.54, 1.807) is 48.1 Å². The van der Waals surface area contributed by atoms with Crippen LogP contribution in [0.15, 0.2) is 58.5 Å². The fourth-order valence-corrected chi connectivity index (χ4v) is 3.46. The van der Waals surface area contributed by atoms with Crippen molar-refractivity contribution in [3.8, 4) is 11.4 Å². The highest BCUT2D eigenvalue weighted by Gasteiger charge is 2.14. The SMILES string of the molecule is CCCNC(=O)CSc1nc2ccccc2c(=O)n1-c1ccc(OC)cc1. The van der Waals surface area contributed by atoms with Gasteiger partial charge in [0.1, 0.15) is 5.75 Å². The number of hydrogen-bond donors (Lipinski definition) is 1. The molecule has 1 aromatic heterocycles. The predicted molar refractivity (Wildman–Crippen MR) is 108 cm³/mol. The maximum absolute atomic E-state index is 13.1. The topological polar surface area (TPSA) is 73.2 Å². The Balaban J connectivity index is 2.04. The Morgan fingerprint density at radius 2 is 1.93 bits per heavy atom. The zero-order chi connectivity index (χ0) is 19.2. The molecule has 0 bridgehead atoms. The van der Waals surface area contributed by atoms with Gasteiger partial charge < -0.3 is 10.1 Å². The summed E-state index contributed by atoms with van der Waals surface area (Å²) in [5.74, 6) is 0.820. The number of ether oxygens (including phenoxy) is 1. The normalized spacial score (nSPS) is 10.7. The van der Waals surface area contributed by atoms with Crippen molar-refractivity contribution in [3.63, 3.8) is 0 Å². The number of carbonyl (C=O) groups excluding carboxylic acids is 1. The number of hydrogen-bond acceptors (Lipinski definition) is 5. The number of para-hydroxylation sites is 1. The molecule has 0 atom stereocenters. The quantitative estimate of drug-likeness (QED) is 0.502. The molecule has 2 aromatic carbocycles. The molecule has 3 rings (SSSR count). The molecule has 0 aliphatic carbocycles. The number of aromatic nitrogens is 2. The lowest BCUT2D eigenvalue weighted by Gasteiger charge is -2.13. The second kappa shape index (κ2) is 8.73. The predicted octanol–water partition coefficient (Wildman–Crippen LogP) is 3.01. The summed E-state index contributed by atoms with van der Waals surface area (Å²) in [6.07, 6.45) is 0.876. The van der Waals surface area contributed by atoms with Gasteiger partial charge in [0.25, 0.3) is 5.56 Å². The molecule has 27 heavy (non-hydrogen) atoms. The van der Waals surface area contributed by atoms with E-state index in [2.05, 4.69) is 10.3 Å². The maximum atomic E-state index is 13.1. The number of benzene rings is 2. The number of nitrogens with one attached hydrogen (secondary N) is 1. The monoisotopic (exact) mass is 383 g/mol. The standard InChI is InChI=1S/C20H21N3O3S/c1-3-12-21-18(24)13-27-20-22-17-7-5-4-6-16(17)19(25)23(20)14-8-10-15(26-2)11-9-14/h4-11H,3,12-13H2,1-2H3,(H,21,24). The summed E-state index contributed by atoms with van der Waals surface area (Å²) in [5.41, 5.74) is 1.13. The lowest BCUT2D eigenvalue weighted by Crippen LogP contribution is -2.27. The first-order valence-corrected chi connectivity index (χ1v) is 9.68. The molecule has 1 heterocycles. The molecule has 6 nitrogen and oxygen atoms in total. The van der Waals surface area contributed by atoms with E-state index in [9.17, 15) is 9.59 Å². The Bertz CT molecular complexity index is 1000. The van der Waals surface area contributed by atoms with Gasteiger partial charge in [-0.15, -0.1) is 0 Å². The summed E-state index contributed by atoms with van der Waals surface area (Å²) in [7, 11) is 1.59. The van der Waals surface area contributed by atoms with Crippen LogP contribution in [0.4, 0.5) is 0 Å². The van der Waals surface area contributed by atoms with Crippen molar-refractivity contribution >= 4 is 28.6 Å². The number of amides is 1. The lowest BCUT2D eigenvalue weighted by atomic mass is 10.2. The molecule has 0 fully saturated rings. The molecular weight excluding hydrogens is 362 g/mol. The Kier molecular flexibility index (Phi) is 6.13. The van der Waals surface area contributed by atoms with Gasteiger partial charge in [0.15, 0.2) is 5.16 Å². The summed E-state index contributed by atoms with van der Waals surface area (Å²) in [6, 6.07) is 14.4. The number of rotatable bonds is 7. The molecule has 0 saturated heterocycles. The number of carbonyl (C=O) groups is 1. The van der Waals surface area contributed by atoms with Gasteiger partial charge in [0, 0.05) is 6.54 Å². The van der Waals surface area contributed by atoms with Crippen LogP contribution < -0.4 is 15.6 Å². The summed E-state index contributed by atoms with van der Waals surface area (Å²) in [6.45, 7) is 2.63. The van der Waals surface area contributed by atoms with Crippen molar-refractivity contribution < 1.29 is 9.53 Å². The van der Waals surface area contributed by atoms with Gasteiger partial charge in [-0.2, -0.15) is 0 Å². The molecular formula is C20H21N3O3S. The van der Waals surface area contributed by atoms with Crippen LogP contribution in [-0.2, 0) is 4.79 Å². The minimum absolute atomic E-state index is 0.0782. The molecule has 7 heteroatoms. The van der Waals surface area contributed by atoms with Crippen molar-refractivity contribution in [1.82, 2.24) is 14.9 Å². The Morgan fingerprint density at radius 1 is 1.19 bits per heavy atom. The van der Waals surface area contributed by atoms with Crippen LogP contribution in [0.25, 0.3) is 16.6 Å². The lowest BCUT2D eigenvalue weighted by molar-refractivity contribution is -0.118. The van der Waals surface area contributed by atoms with Crippen molar-refractivity contribution in [2.45, 2.75) is 18.5 Å². The highest BCUT2D eigenvalue weighted by Crippen LogP contribution is 2.22. The summed E-state index contributed by atoms with van der Waals surface area (Å²) in [5, 5.41) is 3.85. The van der Waals surface area contributed by atoms with Gasteiger partial charge in [-0.1, -0.05) is 30.8 Å². The van der Waals surface area contributed by atoms with Gasteiger partial charge in [-0.25, -0.2) is 4.98 Å². The van der Waals surface area contributed by atoms with Crippen LogP contribution in [0.2, 0.25) is 0 Å². The molecule has 0 radical (unpaired) electrons. The van der Waals surface area contributed by atoms with Crippen LogP contribution in [0.5, 0.6) is 5.75 Å². The van der Waals surface area contributed by atoms with Crippen LogP contribution in [-0.4, -0.2) is 34.9 Å². The fourth-order valence-electron chi connectivity index (χ4n) is 2.61. The largest absolute Gasteiger partial charge is 0.497 e. The molecule has 0 saturated carbocycles. The van der Waals surface area contributed by atoms with Crippen LogP contribution in [0, 0.1) is 0 Å². The molecule has 3 aromatic rings. The maximum Gasteiger partial charge on any atom is 0.266 e. The molecule has 0 unspecified atom stereocenters. The minimum atomic E-state index is -0.165. The van der Waals surface area contributed by atoms with Crippen LogP contribution in [0.3, 0.4) is 0 Å². The molecule has 0 aliphatic rings. The van der Waals surface area contributed by atoms with Gasteiger partial charge in [-0.05, 0) is 42.8 Å². The minimum Gasteiger partial charge on any atom is -0.497 e. The first-order chi connectivity index (χ1) is 13.1. The van der Waals surface area contributed by atoms with E-state index in [0.717, 1.165) is 6.42 Å². The van der Waals surface area contributed by atoms with E-state index in [1.165, 1.54) is 11.8 Å². The van der Waals surface area contributed by atoms with Gasteiger partial charge in [0.2, 0.25) is 5.91 Å².